The second-order valence-corrected chi connectivity index (χ2v) is 9.46. The molecule has 32 heavy (non-hydrogen) atoms. The van der Waals surface area contributed by atoms with E-state index in [0.29, 0.717) is 50.6 Å². The molecule has 0 saturated carbocycles. The lowest BCUT2D eigenvalue weighted by atomic mass is 9.70. The van der Waals surface area contributed by atoms with Gasteiger partial charge in [-0.3, -0.25) is 14.6 Å². The van der Waals surface area contributed by atoms with Crippen LogP contribution in [-0.2, 0) is 25.2 Å². The molecule has 2 amide bonds. The van der Waals surface area contributed by atoms with Crippen molar-refractivity contribution in [2.45, 2.75) is 36.5 Å². The normalized spacial score (nSPS) is 22.9. The number of hydrogen-bond donors (Lipinski definition) is 0. The quantitative estimate of drug-likeness (QED) is 0.708. The average molecular weight is 456 g/mol. The SMILES string of the molecule is CN(C)C(=O)[C@]1(c2ccccn2)CCCN(C(=O)C2(c3ccc(Cl)cc3)CCOCC2)C1. The molecule has 2 aliphatic heterocycles. The van der Waals surface area contributed by atoms with Crippen molar-refractivity contribution in [1.29, 1.82) is 0 Å². The Bertz CT molecular complexity index is 958. The number of nitrogens with zero attached hydrogens (tertiary/aromatic N) is 3. The smallest absolute Gasteiger partial charge is 0.236 e. The van der Waals surface area contributed by atoms with Gasteiger partial charge < -0.3 is 14.5 Å². The van der Waals surface area contributed by atoms with Gasteiger partial charge in [-0.25, -0.2) is 0 Å². The highest BCUT2D eigenvalue weighted by atomic mass is 35.5. The Morgan fingerprint density at radius 1 is 1.03 bits per heavy atom. The topological polar surface area (TPSA) is 62.7 Å². The van der Waals surface area contributed by atoms with Crippen molar-refractivity contribution >= 4 is 23.4 Å². The van der Waals surface area contributed by atoms with Gasteiger partial charge in [0, 0.05) is 51.6 Å². The minimum absolute atomic E-state index is 0.0128. The van der Waals surface area contributed by atoms with E-state index in [1.165, 1.54) is 0 Å². The number of amides is 2. The lowest BCUT2D eigenvalue weighted by molar-refractivity contribution is -0.147. The molecule has 2 fully saturated rings. The number of ether oxygens (including phenoxy) is 1. The average Bonchev–Trinajstić information content (AvgIpc) is 2.84. The minimum Gasteiger partial charge on any atom is -0.381 e. The van der Waals surface area contributed by atoms with Crippen LogP contribution >= 0.6 is 11.6 Å². The number of likely N-dealkylation sites (N-methyl/N-ethyl adjacent to an activating group) is 1. The zero-order valence-electron chi connectivity index (χ0n) is 18.7. The number of likely N-dealkylation sites (tertiary alicyclic amines) is 1. The van der Waals surface area contributed by atoms with Crippen molar-refractivity contribution < 1.29 is 14.3 Å². The van der Waals surface area contributed by atoms with E-state index in [1.807, 2.05) is 47.4 Å². The van der Waals surface area contributed by atoms with E-state index in [1.54, 1.807) is 25.2 Å². The molecule has 2 aliphatic rings. The summed E-state index contributed by atoms with van der Waals surface area (Å²) in [7, 11) is 3.53. The summed E-state index contributed by atoms with van der Waals surface area (Å²) in [5, 5.41) is 0.645. The van der Waals surface area contributed by atoms with Crippen molar-refractivity contribution in [3.63, 3.8) is 0 Å². The molecule has 6 nitrogen and oxygen atoms in total. The van der Waals surface area contributed by atoms with Gasteiger partial charge in [0.05, 0.1) is 11.1 Å². The summed E-state index contributed by atoms with van der Waals surface area (Å²) in [4.78, 5) is 35.7. The summed E-state index contributed by atoms with van der Waals surface area (Å²) in [5.41, 5.74) is 0.175. The molecule has 0 N–H and O–H groups in total. The van der Waals surface area contributed by atoms with Crippen LogP contribution in [0.1, 0.15) is 36.9 Å². The van der Waals surface area contributed by atoms with Crippen LogP contribution in [0.5, 0.6) is 0 Å². The van der Waals surface area contributed by atoms with E-state index in [-0.39, 0.29) is 11.8 Å². The molecule has 1 aromatic carbocycles. The molecule has 0 bridgehead atoms. The van der Waals surface area contributed by atoms with Gasteiger partial charge in [-0.1, -0.05) is 29.8 Å². The number of carbonyl (C=O) groups is 2. The van der Waals surface area contributed by atoms with Crippen molar-refractivity contribution in [2.75, 3.05) is 40.4 Å². The van der Waals surface area contributed by atoms with E-state index < -0.39 is 10.8 Å². The first-order valence-electron chi connectivity index (χ1n) is 11.2. The van der Waals surface area contributed by atoms with E-state index in [4.69, 9.17) is 16.3 Å². The summed E-state index contributed by atoms with van der Waals surface area (Å²) in [6, 6.07) is 13.2. The zero-order chi connectivity index (χ0) is 22.8. The molecule has 7 heteroatoms. The number of benzene rings is 1. The van der Waals surface area contributed by atoms with Gasteiger partial charge in [0.2, 0.25) is 11.8 Å². The molecule has 0 radical (unpaired) electrons. The number of pyridine rings is 1. The molecule has 0 unspecified atom stereocenters. The number of piperidine rings is 1. The first kappa shape index (κ1) is 22.7. The second-order valence-electron chi connectivity index (χ2n) is 9.03. The maximum atomic E-state index is 14.2. The summed E-state index contributed by atoms with van der Waals surface area (Å²) in [5.74, 6) is 0.0518. The molecular formula is C25H30ClN3O3. The fourth-order valence-corrected chi connectivity index (χ4v) is 5.34. The van der Waals surface area contributed by atoms with Crippen LogP contribution in [0, 0.1) is 0 Å². The Morgan fingerprint density at radius 2 is 1.75 bits per heavy atom. The standard InChI is InChI=1S/C25H30ClN3O3/c1-28(2)22(30)25(21-6-3-4-14-27-21)11-5-15-29(18-25)23(31)24(12-16-32-17-13-24)19-7-9-20(26)10-8-19/h3-4,6-10,14H,5,11-13,15-18H2,1-2H3/t25-/m1/s1. The van der Waals surface area contributed by atoms with Gasteiger partial charge in [-0.15, -0.1) is 0 Å². The largest absolute Gasteiger partial charge is 0.381 e. The molecule has 1 aromatic heterocycles. The summed E-state index contributed by atoms with van der Waals surface area (Å²) in [6.45, 7) is 2.02. The fraction of sp³-hybridized carbons (Fsp3) is 0.480. The first-order chi connectivity index (χ1) is 15.4. The summed E-state index contributed by atoms with van der Waals surface area (Å²) in [6.07, 6.45) is 4.36. The first-order valence-corrected chi connectivity index (χ1v) is 11.5. The van der Waals surface area contributed by atoms with Crippen molar-refractivity contribution in [3.8, 4) is 0 Å². The van der Waals surface area contributed by atoms with Gasteiger partial charge >= 0.3 is 0 Å². The predicted octanol–water partition coefficient (Wildman–Crippen LogP) is 3.43. The third-order valence-corrected chi connectivity index (χ3v) is 7.15. The number of halogens is 1. The second kappa shape index (κ2) is 9.20. The Hall–Kier alpha value is -2.44. The van der Waals surface area contributed by atoms with Crippen LogP contribution in [0.15, 0.2) is 48.7 Å². The fourth-order valence-electron chi connectivity index (χ4n) is 5.21. The van der Waals surface area contributed by atoms with Crippen molar-refractivity contribution in [2.24, 2.45) is 0 Å². The molecule has 4 rings (SSSR count). The predicted molar refractivity (Wildman–Crippen MR) is 124 cm³/mol. The van der Waals surface area contributed by atoms with Crippen LogP contribution in [0.25, 0.3) is 0 Å². The molecule has 170 valence electrons. The van der Waals surface area contributed by atoms with Crippen molar-refractivity contribution in [1.82, 2.24) is 14.8 Å². The summed E-state index contributed by atoms with van der Waals surface area (Å²) < 4.78 is 5.62. The van der Waals surface area contributed by atoms with Gasteiger partial charge in [-0.2, -0.15) is 0 Å². The minimum atomic E-state index is -0.842. The van der Waals surface area contributed by atoms with Crippen LogP contribution in [0.2, 0.25) is 5.02 Å². The highest BCUT2D eigenvalue weighted by Gasteiger charge is 2.51. The number of rotatable bonds is 4. The monoisotopic (exact) mass is 455 g/mol. The lowest BCUT2D eigenvalue weighted by Crippen LogP contribution is -2.59. The Kier molecular flexibility index (Phi) is 6.54. The lowest BCUT2D eigenvalue weighted by Gasteiger charge is -2.46. The van der Waals surface area contributed by atoms with Gasteiger partial charge in [0.25, 0.3) is 0 Å². The molecule has 0 aliphatic carbocycles. The highest BCUT2D eigenvalue weighted by Crippen LogP contribution is 2.41. The number of carbonyl (C=O) groups excluding carboxylic acids is 2. The Labute approximate surface area is 194 Å². The van der Waals surface area contributed by atoms with Crippen molar-refractivity contribution in [3.05, 3.63) is 64.9 Å². The maximum absolute atomic E-state index is 14.2. The van der Waals surface area contributed by atoms with Gasteiger partial charge in [-0.05, 0) is 55.5 Å². The third kappa shape index (κ3) is 4.02. The van der Waals surface area contributed by atoms with Gasteiger partial charge in [0.15, 0.2) is 0 Å². The van der Waals surface area contributed by atoms with E-state index in [9.17, 15) is 9.59 Å². The van der Waals surface area contributed by atoms with Crippen LogP contribution < -0.4 is 0 Å². The van der Waals surface area contributed by atoms with Crippen LogP contribution in [-0.4, -0.2) is 67.0 Å². The molecule has 3 heterocycles. The number of aromatic nitrogens is 1. The molecular weight excluding hydrogens is 426 g/mol. The Morgan fingerprint density at radius 3 is 2.38 bits per heavy atom. The van der Waals surface area contributed by atoms with E-state index in [2.05, 4.69) is 4.98 Å². The third-order valence-electron chi connectivity index (χ3n) is 6.90. The molecule has 2 aromatic rings. The molecule has 0 spiro atoms. The van der Waals surface area contributed by atoms with Crippen LogP contribution in [0.3, 0.4) is 0 Å². The van der Waals surface area contributed by atoms with Gasteiger partial charge in [0.1, 0.15) is 5.41 Å². The Balaban J connectivity index is 1.72. The van der Waals surface area contributed by atoms with Crippen LogP contribution in [0.4, 0.5) is 0 Å². The highest BCUT2D eigenvalue weighted by molar-refractivity contribution is 6.30. The molecule has 2 saturated heterocycles. The van der Waals surface area contributed by atoms with E-state index in [0.717, 1.165) is 17.7 Å². The molecule has 1 atom stereocenters. The van der Waals surface area contributed by atoms with E-state index >= 15 is 0 Å². The zero-order valence-corrected chi connectivity index (χ0v) is 19.5. The maximum Gasteiger partial charge on any atom is 0.236 e. The summed E-state index contributed by atoms with van der Waals surface area (Å²) >= 11 is 6.12. The number of hydrogen-bond acceptors (Lipinski definition) is 4.